The predicted molar refractivity (Wildman–Crippen MR) is 107 cm³/mol. The van der Waals surface area contributed by atoms with E-state index in [1.807, 2.05) is 11.8 Å². The topological polar surface area (TPSA) is 82.4 Å². The number of halogens is 1. The zero-order valence-corrected chi connectivity index (χ0v) is 17.7. The highest BCUT2D eigenvalue weighted by molar-refractivity contribution is 7.96. The van der Waals surface area contributed by atoms with Gasteiger partial charge in [0, 0.05) is 25.7 Å². The van der Waals surface area contributed by atoms with Gasteiger partial charge in [0.2, 0.25) is 5.78 Å². The summed E-state index contributed by atoms with van der Waals surface area (Å²) in [4.78, 5) is 19.2. The van der Waals surface area contributed by atoms with Gasteiger partial charge in [0.05, 0.1) is 13.1 Å². The number of hydrogen-bond donors (Lipinski definition) is 1. The Balaban J connectivity index is 1.77. The van der Waals surface area contributed by atoms with Crippen LogP contribution in [-0.2, 0) is 24.1 Å². The fourth-order valence-electron chi connectivity index (χ4n) is 3.85. The normalized spacial score (nSPS) is 31.6. The maximum atomic E-state index is 13.6. The summed E-state index contributed by atoms with van der Waals surface area (Å²) in [5, 5.41) is -0.351. The maximum absolute atomic E-state index is 13.6. The largest absolute Gasteiger partial charge is 0.484 e. The van der Waals surface area contributed by atoms with Crippen LogP contribution in [0.5, 0.6) is 0 Å². The molecule has 28 heavy (non-hydrogen) atoms. The van der Waals surface area contributed by atoms with Crippen molar-refractivity contribution in [1.29, 1.82) is 0 Å². The molecule has 9 heteroatoms. The van der Waals surface area contributed by atoms with Gasteiger partial charge >= 0.3 is 0 Å². The molecule has 0 aromatic rings. The summed E-state index contributed by atoms with van der Waals surface area (Å²) in [6.07, 6.45) is 2.49. The second-order valence-electron chi connectivity index (χ2n) is 7.93. The lowest BCUT2D eigenvalue weighted by molar-refractivity contribution is -0.121. The Morgan fingerprint density at radius 3 is 2.54 bits per heavy atom. The molecule has 1 saturated heterocycles. The molecule has 0 aromatic carbocycles. The van der Waals surface area contributed by atoms with Gasteiger partial charge in [-0.3, -0.25) is 9.79 Å². The Bertz CT molecular complexity index is 703. The van der Waals surface area contributed by atoms with Crippen LogP contribution < -0.4 is 0 Å². The van der Waals surface area contributed by atoms with Crippen molar-refractivity contribution in [2.45, 2.75) is 70.0 Å². The minimum atomic E-state index is -3.05. The predicted octanol–water partition coefficient (Wildman–Crippen LogP) is 2.45. The number of allylic oxidation sites excluding steroid dienone is 1. The van der Waals surface area contributed by atoms with Crippen LogP contribution in [-0.4, -0.2) is 75.5 Å². The standard InChI is InChI=1S/C19H30FN3O4S/c1-4-16-18(24)19(27-15-6-5-14(20)11-15)17(12-21-16)22-7-9-23(10-8-22)28(25,26)13(2)3/h12-16H,4-11H2,1-3H3/p+1/t14?,15?,16-/m1/s1. The Kier molecular flexibility index (Phi) is 6.56. The van der Waals surface area contributed by atoms with Crippen LogP contribution in [0.4, 0.5) is 4.39 Å². The van der Waals surface area contributed by atoms with Crippen molar-refractivity contribution >= 4 is 22.4 Å². The van der Waals surface area contributed by atoms with Crippen LogP contribution in [0.3, 0.4) is 0 Å². The molecule has 2 heterocycles. The molecule has 158 valence electrons. The molecule has 3 aliphatic rings. The molecule has 0 bridgehead atoms. The van der Waals surface area contributed by atoms with E-state index in [2.05, 4.69) is 4.99 Å². The lowest BCUT2D eigenvalue weighted by atomic mass is 10.0. The number of Topliss-reactive ketones (excluding diaryl/α,β-unsaturated/α-hetero) is 1. The van der Waals surface area contributed by atoms with Crippen molar-refractivity contribution in [3.05, 3.63) is 11.5 Å². The molecule has 1 aliphatic carbocycles. The first-order valence-corrected chi connectivity index (χ1v) is 11.7. The van der Waals surface area contributed by atoms with Crippen molar-refractivity contribution in [3.8, 4) is 0 Å². The molecule has 0 spiro atoms. The van der Waals surface area contributed by atoms with Crippen LogP contribution in [0, 0.1) is 0 Å². The number of ether oxygens (including phenoxy) is 1. The molecule has 7 nitrogen and oxygen atoms in total. The Labute approximate surface area is 167 Å². The molecule has 3 unspecified atom stereocenters. The summed E-state index contributed by atoms with van der Waals surface area (Å²) >= 11 is 0. The molecule has 0 amide bonds. The second-order valence-corrected chi connectivity index (χ2v) is 10.5. The highest BCUT2D eigenvalue weighted by Gasteiger charge is 2.42. The van der Waals surface area contributed by atoms with Gasteiger partial charge in [-0.05, 0) is 37.3 Å². The lowest BCUT2D eigenvalue weighted by Crippen LogP contribution is -2.53. The number of piperazine rings is 1. The van der Waals surface area contributed by atoms with Gasteiger partial charge in [0.1, 0.15) is 24.0 Å². The molecular weight excluding hydrogens is 385 g/mol. The fourth-order valence-corrected chi connectivity index (χ4v) is 5.13. The smallest absolute Gasteiger partial charge is 0.293 e. The SMILES string of the molecule is CC[C@H]1N=CC(N2CCN([S+](=O)(O)C(C)C)CC2)=C(OC2CCC(F)C2)C1=O. The average Bonchev–Trinajstić information content (AvgIpc) is 3.08. The quantitative estimate of drug-likeness (QED) is 0.673. The number of carbonyl (C=O) groups excluding carboxylic acids is 1. The first kappa shape index (κ1) is 21.4. The number of aliphatic imine (C=N–C) groups is 1. The van der Waals surface area contributed by atoms with E-state index in [1.54, 1.807) is 24.4 Å². The van der Waals surface area contributed by atoms with Crippen molar-refractivity contribution in [2.75, 3.05) is 26.2 Å². The molecule has 2 fully saturated rings. The Morgan fingerprint density at radius 2 is 2.00 bits per heavy atom. The van der Waals surface area contributed by atoms with Crippen LogP contribution in [0.1, 0.15) is 46.5 Å². The number of hydrogen-bond acceptors (Lipinski definition) is 5. The molecular formula is C19H31FN3O4S+. The summed E-state index contributed by atoms with van der Waals surface area (Å²) < 4.78 is 43.9. The Morgan fingerprint density at radius 1 is 1.32 bits per heavy atom. The second kappa shape index (κ2) is 8.59. The highest BCUT2D eigenvalue weighted by atomic mass is 32.3. The van der Waals surface area contributed by atoms with Gasteiger partial charge in [-0.2, -0.15) is 4.55 Å². The monoisotopic (exact) mass is 416 g/mol. The molecule has 3 rings (SSSR count). The number of rotatable bonds is 6. The van der Waals surface area contributed by atoms with Crippen LogP contribution in [0.15, 0.2) is 16.4 Å². The zero-order valence-electron chi connectivity index (χ0n) is 16.8. The summed E-state index contributed by atoms with van der Waals surface area (Å²) in [6, 6.07) is -0.459. The van der Waals surface area contributed by atoms with E-state index >= 15 is 0 Å². The molecule has 1 N–H and O–H groups in total. The van der Waals surface area contributed by atoms with E-state index < -0.39 is 22.6 Å². The van der Waals surface area contributed by atoms with Gasteiger partial charge < -0.3 is 9.64 Å². The van der Waals surface area contributed by atoms with Crippen molar-refractivity contribution in [2.24, 2.45) is 4.99 Å². The maximum Gasteiger partial charge on any atom is 0.293 e. The van der Waals surface area contributed by atoms with Crippen LogP contribution >= 0.6 is 0 Å². The van der Waals surface area contributed by atoms with Gasteiger partial charge in [-0.15, -0.1) is 0 Å². The van der Waals surface area contributed by atoms with E-state index in [1.165, 1.54) is 0 Å². The van der Waals surface area contributed by atoms with E-state index in [9.17, 15) is 17.9 Å². The van der Waals surface area contributed by atoms with E-state index in [0.29, 0.717) is 57.6 Å². The molecule has 0 radical (unpaired) electrons. The number of alkyl halides is 1. The number of carbonyl (C=O) groups is 1. The number of dihydropyridines is 1. The third-order valence-corrected chi connectivity index (χ3v) is 8.02. The van der Waals surface area contributed by atoms with Crippen molar-refractivity contribution in [3.63, 3.8) is 0 Å². The average molecular weight is 417 g/mol. The summed E-state index contributed by atoms with van der Waals surface area (Å²) in [6.45, 7) is 7.20. The first-order chi connectivity index (χ1) is 13.2. The van der Waals surface area contributed by atoms with Gasteiger partial charge in [-0.25, -0.2) is 4.39 Å². The highest BCUT2D eigenvalue weighted by Crippen LogP contribution is 2.30. The summed E-state index contributed by atoms with van der Waals surface area (Å²) in [5.74, 6) is 0.126. The fraction of sp³-hybridized carbons (Fsp3) is 0.789. The molecule has 1 saturated carbocycles. The van der Waals surface area contributed by atoms with Crippen LogP contribution in [0.2, 0.25) is 0 Å². The summed E-state index contributed by atoms with van der Waals surface area (Å²) in [5.41, 5.74) is 0.616. The third-order valence-electron chi connectivity index (χ3n) is 5.69. The van der Waals surface area contributed by atoms with Crippen LogP contribution in [0.25, 0.3) is 0 Å². The minimum absolute atomic E-state index is 0.155. The minimum Gasteiger partial charge on any atom is -0.484 e. The number of ketones is 1. The van der Waals surface area contributed by atoms with Crippen molar-refractivity contribution < 1.29 is 22.7 Å². The summed E-state index contributed by atoms with van der Waals surface area (Å²) in [7, 11) is -3.05. The van der Waals surface area contributed by atoms with Gasteiger partial charge in [-0.1, -0.05) is 11.2 Å². The lowest BCUT2D eigenvalue weighted by Gasteiger charge is -2.36. The van der Waals surface area contributed by atoms with Gasteiger partial charge in [0.15, 0.2) is 11.0 Å². The third kappa shape index (κ3) is 4.31. The Hall–Kier alpha value is -1.32. The zero-order chi connectivity index (χ0) is 20.5. The van der Waals surface area contributed by atoms with E-state index in [-0.39, 0.29) is 22.9 Å². The van der Waals surface area contributed by atoms with Gasteiger partial charge in [0.25, 0.3) is 10.4 Å². The first-order valence-electron chi connectivity index (χ1n) is 10.1. The molecule has 0 aromatic heterocycles. The number of nitrogens with zero attached hydrogens (tertiary/aromatic N) is 3. The molecule has 2 aliphatic heterocycles. The van der Waals surface area contributed by atoms with E-state index in [0.717, 1.165) is 0 Å². The molecule has 4 atom stereocenters. The van der Waals surface area contributed by atoms with Crippen molar-refractivity contribution in [1.82, 2.24) is 9.21 Å². The van der Waals surface area contributed by atoms with E-state index in [4.69, 9.17) is 4.74 Å².